The van der Waals surface area contributed by atoms with E-state index in [1.165, 1.54) is 0 Å². The van der Waals surface area contributed by atoms with E-state index in [4.69, 9.17) is 9.31 Å². The number of hydrogen-bond donors (Lipinski definition) is 0. The van der Waals surface area contributed by atoms with E-state index in [0.29, 0.717) is 0 Å². The number of hydrogen-bond acceptors (Lipinski definition) is 3. The first-order chi connectivity index (χ1) is 10.8. The first-order valence-corrected chi connectivity index (χ1v) is 8.79. The molecule has 0 saturated carbocycles. The molecule has 1 saturated heterocycles. The van der Waals surface area contributed by atoms with Crippen LogP contribution in [0.15, 0.2) is 24.3 Å². The molecule has 1 unspecified atom stereocenters. The van der Waals surface area contributed by atoms with Gasteiger partial charge in [0.05, 0.1) is 11.2 Å². The number of Topliss-reactive ketones (excluding diaryl/α,β-unsaturated/α-hetero) is 1. The molecule has 4 heteroatoms. The lowest BCUT2D eigenvalue weighted by Crippen LogP contribution is -2.41. The predicted octanol–water partition coefficient (Wildman–Crippen LogP) is 5.04. The number of benzene rings is 1. The van der Waals surface area contributed by atoms with Crippen molar-refractivity contribution in [1.82, 2.24) is 0 Å². The highest BCUT2D eigenvalue weighted by Gasteiger charge is 2.54. The summed E-state index contributed by atoms with van der Waals surface area (Å²) in [4.78, 5) is 11.5. The standard InChI is InChI=1S/C20H31BO3/c1-14(22)15-9-11-16(12-10-15)17(13-18(2,3)4)21-23-19(5,6)20(7,8)24-21/h9-12,17H,13H2,1-8H3. The third-order valence-electron chi connectivity index (χ3n) is 5.18. The highest BCUT2D eigenvalue weighted by molar-refractivity contribution is 6.47. The smallest absolute Gasteiger partial charge is 0.403 e. The Hall–Kier alpha value is -1.13. The third-order valence-corrected chi connectivity index (χ3v) is 5.18. The summed E-state index contributed by atoms with van der Waals surface area (Å²) in [5.41, 5.74) is 1.36. The van der Waals surface area contributed by atoms with Crippen molar-refractivity contribution in [2.45, 2.75) is 78.8 Å². The van der Waals surface area contributed by atoms with Gasteiger partial charge in [-0.2, -0.15) is 0 Å². The van der Waals surface area contributed by atoms with E-state index in [1.54, 1.807) is 6.92 Å². The van der Waals surface area contributed by atoms with Gasteiger partial charge in [0.1, 0.15) is 0 Å². The van der Waals surface area contributed by atoms with E-state index in [2.05, 4.69) is 48.5 Å². The fourth-order valence-corrected chi connectivity index (χ4v) is 3.05. The zero-order chi connectivity index (χ0) is 18.3. The van der Waals surface area contributed by atoms with Crippen molar-refractivity contribution in [2.24, 2.45) is 5.41 Å². The lowest BCUT2D eigenvalue weighted by atomic mass is 9.62. The largest absolute Gasteiger partial charge is 0.465 e. The van der Waals surface area contributed by atoms with Crippen LogP contribution in [0, 0.1) is 5.41 Å². The summed E-state index contributed by atoms with van der Waals surface area (Å²) in [6.07, 6.45) is 0.948. The van der Waals surface area contributed by atoms with Crippen molar-refractivity contribution in [2.75, 3.05) is 0 Å². The topological polar surface area (TPSA) is 35.5 Å². The minimum absolute atomic E-state index is 0.0876. The van der Waals surface area contributed by atoms with E-state index in [1.807, 2.05) is 24.3 Å². The highest BCUT2D eigenvalue weighted by Crippen LogP contribution is 2.44. The highest BCUT2D eigenvalue weighted by atomic mass is 16.7. The average Bonchev–Trinajstić information content (AvgIpc) is 2.64. The van der Waals surface area contributed by atoms with Crippen molar-refractivity contribution in [3.8, 4) is 0 Å². The van der Waals surface area contributed by atoms with Crippen LogP contribution in [0.4, 0.5) is 0 Å². The molecule has 0 radical (unpaired) electrons. The molecule has 0 aliphatic carbocycles. The summed E-state index contributed by atoms with van der Waals surface area (Å²) in [7, 11) is -0.280. The maximum atomic E-state index is 11.5. The van der Waals surface area contributed by atoms with Gasteiger partial charge >= 0.3 is 7.12 Å². The van der Waals surface area contributed by atoms with Gasteiger partial charge in [-0.3, -0.25) is 4.79 Å². The van der Waals surface area contributed by atoms with E-state index in [9.17, 15) is 4.79 Å². The fourth-order valence-electron chi connectivity index (χ4n) is 3.05. The van der Waals surface area contributed by atoms with E-state index in [-0.39, 0.29) is 35.3 Å². The van der Waals surface area contributed by atoms with Crippen molar-refractivity contribution in [1.29, 1.82) is 0 Å². The number of ketones is 1. The summed E-state index contributed by atoms with van der Waals surface area (Å²) < 4.78 is 12.6. The fraction of sp³-hybridized carbons (Fsp3) is 0.650. The lowest BCUT2D eigenvalue weighted by molar-refractivity contribution is 0.00578. The van der Waals surface area contributed by atoms with Crippen LogP contribution in [0.5, 0.6) is 0 Å². The minimum Gasteiger partial charge on any atom is -0.403 e. The van der Waals surface area contributed by atoms with Crippen molar-refractivity contribution >= 4 is 12.9 Å². The first kappa shape index (κ1) is 19.2. The normalized spacial score (nSPS) is 20.9. The Bertz CT molecular complexity index is 580. The molecule has 1 aromatic carbocycles. The summed E-state index contributed by atoms with van der Waals surface area (Å²) in [6.45, 7) is 16.6. The zero-order valence-corrected chi connectivity index (χ0v) is 16.4. The van der Waals surface area contributed by atoms with Crippen molar-refractivity contribution < 1.29 is 14.1 Å². The lowest BCUT2D eigenvalue weighted by Gasteiger charge is -2.32. The van der Waals surface area contributed by atoms with Crippen molar-refractivity contribution in [3.05, 3.63) is 35.4 Å². The summed E-state index contributed by atoms with van der Waals surface area (Å²) in [5.74, 6) is 0.219. The Morgan fingerprint density at radius 3 is 1.88 bits per heavy atom. The SMILES string of the molecule is CC(=O)c1ccc(C(CC(C)(C)C)B2OC(C)(C)C(C)(C)O2)cc1. The third kappa shape index (κ3) is 4.09. The molecule has 0 bridgehead atoms. The van der Waals surface area contributed by atoms with Crippen LogP contribution in [0.2, 0.25) is 0 Å². The van der Waals surface area contributed by atoms with Gasteiger partial charge in [-0.15, -0.1) is 0 Å². The molecule has 1 atom stereocenters. The molecule has 1 aromatic rings. The van der Waals surface area contributed by atoms with Crippen LogP contribution < -0.4 is 0 Å². The van der Waals surface area contributed by atoms with Gasteiger partial charge in [0.2, 0.25) is 0 Å². The molecule has 1 fully saturated rings. The van der Waals surface area contributed by atoms with Gasteiger partial charge in [-0.05, 0) is 52.0 Å². The minimum atomic E-state index is -0.340. The maximum Gasteiger partial charge on any atom is 0.465 e. The van der Waals surface area contributed by atoms with Crippen LogP contribution in [0.25, 0.3) is 0 Å². The van der Waals surface area contributed by atoms with Gasteiger partial charge < -0.3 is 9.31 Å². The van der Waals surface area contributed by atoms with Crippen LogP contribution in [0.3, 0.4) is 0 Å². The number of carbonyl (C=O) groups is 1. The Morgan fingerprint density at radius 1 is 1.04 bits per heavy atom. The molecule has 1 heterocycles. The van der Waals surface area contributed by atoms with Gasteiger partial charge in [0, 0.05) is 11.4 Å². The average molecular weight is 330 g/mol. The quantitative estimate of drug-likeness (QED) is 0.573. The van der Waals surface area contributed by atoms with Gasteiger partial charge in [0.25, 0.3) is 0 Å². The summed E-state index contributed by atoms with van der Waals surface area (Å²) in [5, 5.41) is 0. The molecule has 132 valence electrons. The summed E-state index contributed by atoms with van der Waals surface area (Å²) in [6, 6.07) is 7.88. The van der Waals surface area contributed by atoms with E-state index >= 15 is 0 Å². The molecule has 1 aliphatic rings. The molecule has 24 heavy (non-hydrogen) atoms. The van der Waals surface area contributed by atoms with Crippen molar-refractivity contribution in [3.63, 3.8) is 0 Å². The number of carbonyl (C=O) groups excluding carboxylic acids is 1. The van der Waals surface area contributed by atoms with Crippen LogP contribution in [-0.2, 0) is 9.31 Å². The molecule has 0 aromatic heterocycles. The van der Waals surface area contributed by atoms with Crippen LogP contribution in [-0.4, -0.2) is 24.1 Å². The second-order valence-electron chi connectivity index (χ2n) is 9.17. The molecule has 2 rings (SSSR count). The molecule has 0 N–H and O–H groups in total. The number of rotatable bonds is 4. The molecule has 0 spiro atoms. The molecular weight excluding hydrogens is 299 g/mol. The summed E-state index contributed by atoms with van der Waals surface area (Å²) >= 11 is 0. The Morgan fingerprint density at radius 2 is 1.50 bits per heavy atom. The Kier molecular flexibility index (Phi) is 5.05. The van der Waals surface area contributed by atoms with Gasteiger partial charge in [0.15, 0.2) is 5.78 Å². The molecule has 3 nitrogen and oxygen atoms in total. The van der Waals surface area contributed by atoms with Crippen LogP contribution in [0.1, 0.15) is 83.5 Å². The molecule has 1 aliphatic heterocycles. The predicted molar refractivity (Wildman–Crippen MR) is 99.3 cm³/mol. The van der Waals surface area contributed by atoms with E-state index < -0.39 is 0 Å². The van der Waals surface area contributed by atoms with Crippen LogP contribution >= 0.6 is 0 Å². The molecule has 0 amide bonds. The maximum absolute atomic E-state index is 11.5. The van der Waals surface area contributed by atoms with E-state index in [0.717, 1.165) is 17.5 Å². The first-order valence-electron chi connectivity index (χ1n) is 8.79. The molecular formula is C20H31BO3. The second kappa shape index (κ2) is 6.31. The Labute approximate surface area is 147 Å². The monoisotopic (exact) mass is 330 g/mol. The van der Waals surface area contributed by atoms with Gasteiger partial charge in [-0.25, -0.2) is 0 Å². The second-order valence-corrected chi connectivity index (χ2v) is 9.17. The van der Waals surface area contributed by atoms with Gasteiger partial charge in [-0.1, -0.05) is 45.0 Å². The zero-order valence-electron chi connectivity index (χ0n) is 16.4. The Balaban J connectivity index is 2.34.